The molecule has 7 heteroatoms. The first-order valence-corrected chi connectivity index (χ1v) is 10.2. The minimum Gasteiger partial charge on any atom is -0.367 e. The Balaban J connectivity index is 1.77. The fraction of sp³-hybridized carbons (Fsp3) is 0.227. The second-order valence-electron chi connectivity index (χ2n) is 7.26. The predicted molar refractivity (Wildman–Crippen MR) is 112 cm³/mol. The van der Waals surface area contributed by atoms with Gasteiger partial charge in [0.25, 0.3) is 5.92 Å². The molecule has 4 rings (SSSR count). The minimum atomic E-state index is -2.94. The van der Waals surface area contributed by atoms with Gasteiger partial charge in [-0.3, -0.25) is 9.88 Å². The van der Waals surface area contributed by atoms with E-state index in [0.29, 0.717) is 23.7 Å². The molecule has 0 saturated carbocycles. The van der Waals surface area contributed by atoms with Crippen molar-refractivity contribution in [2.24, 2.45) is 0 Å². The van der Waals surface area contributed by atoms with Crippen molar-refractivity contribution >= 4 is 27.5 Å². The lowest BCUT2D eigenvalue weighted by Gasteiger charge is -2.35. The minimum absolute atomic E-state index is 0.0928. The van der Waals surface area contributed by atoms with E-state index in [4.69, 9.17) is 11.6 Å². The van der Waals surface area contributed by atoms with E-state index in [1.807, 2.05) is 29.2 Å². The van der Waals surface area contributed by atoms with Crippen molar-refractivity contribution in [3.05, 3.63) is 98.2 Å². The molecule has 1 aliphatic rings. The molecule has 1 atom stereocenters. The highest BCUT2D eigenvalue weighted by Crippen LogP contribution is 2.44. The van der Waals surface area contributed by atoms with Gasteiger partial charge in [0.05, 0.1) is 10.7 Å². The van der Waals surface area contributed by atoms with E-state index in [1.54, 1.807) is 24.4 Å². The van der Waals surface area contributed by atoms with E-state index in [9.17, 15) is 13.9 Å². The normalized spacial score (nSPS) is 19.4. The lowest BCUT2D eigenvalue weighted by atomic mass is 9.92. The van der Waals surface area contributed by atoms with Crippen LogP contribution in [0.25, 0.3) is 0 Å². The van der Waals surface area contributed by atoms with Crippen LogP contribution in [0.2, 0.25) is 5.02 Å². The molecule has 1 N–H and O–H groups in total. The van der Waals surface area contributed by atoms with Gasteiger partial charge >= 0.3 is 0 Å². The topological polar surface area (TPSA) is 36.4 Å². The Hall–Kier alpha value is -1.86. The van der Waals surface area contributed by atoms with Gasteiger partial charge in [-0.15, -0.1) is 0 Å². The number of hydrogen-bond donors (Lipinski definition) is 1. The van der Waals surface area contributed by atoms with Gasteiger partial charge in [-0.25, -0.2) is 8.78 Å². The van der Waals surface area contributed by atoms with Crippen LogP contribution in [0, 0.1) is 0 Å². The molecular formula is C22H18BrClF2N2O. The van der Waals surface area contributed by atoms with E-state index in [1.165, 1.54) is 12.1 Å². The summed E-state index contributed by atoms with van der Waals surface area (Å²) < 4.78 is 28.2. The third-order valence-corrected chi connectivity index (χ3v) is 5.91. The summed E-state index contributed by atoms with van der Waals surface area (Å²) in [5.41, 5.74) is 1.41. The zero-order chi connectivity index (χ0) is 20.8. The van der Waals surface area contributed by atoms with Crippen molar-refractivity contribution in [3.8, 4) is 0 Å². The third kappa shape index (κ3) is 3.82. The summed E-state index contributed by atoms with van der Waals surface area (Å²) in [6.07, 6.45) is 1.56. The van der Waals surface area contributed by atoms with Gasteiger partial charge in [0.1, 0.15) is 0 Å². The number of aromatic nitrogens is 1. The van der Waals surface area contributed by atoms with Crippen molar-refractivity contribution < 1.29 is 13.9 Å². The molecule has 0 aliphatic carbocycles. The molecule has 2 heterocycles. The molecular weight excluding hydrogens is 462 g/mol. The van der Waals surface area contributed by atoms with Crippen LogP contribution in [-0.2, 0) is 24.7 Å². The highest BCUT2D eigenvalue weighted by molar-refractivity contribution is 9.10. The first-order chi connectivity index (χ1) is 13.7. The number of pyridine rings is 1. The molecule has 0 radical (unpaired) electrons. The van der Waals surface area contributed by atoms with Crippen LogP contribution < -0.4 is 0 Å². The van der Waals surface area contributed by atoms with Gasteiger partial charge in [0.15, 0.2) is 5.72 Å². The number of hydrogen-bond acceptors (Lipinski definition) is 3. The zero-order valence-electron chi connectivity index (χ0n) is 15.5. The molecule has 1 aliphatic heterocycles. The molecule has 29 heavy (non-hydrogen) atoms. The van der Waals surface area contributed by atoms with Crippen molar-refractivity contribution in [2.75, 3.05) is 0 Å². The Morgan fingerprint density at radius 1 is 1.17 bits per heavy atom. The first kappa shape index (κ1) is 20.4. The van der Waals surface area contributed by atoms with Crippen LogP contribution in [0.1, 0.15) is 34.9 Å². The average Bonchev–Trinajstić information content (AvgIpc) is 2.95. The maximum Gasteiger partial charge on any atom is 0.270 e. The van der Waals surface area contributed by atoms with Crippen LogP contribution in [0.5, 0.6) is 0 Å². The molecule has 0 saturated heterocycles. The van der Waals surface area contributed by atoms with Crippen LogP contribution in [0.4, 0.5) is 8.78 Å². The summed E-state index contributed by atoms with van der Waals surface area (Å²) in [5, 5.41) is 12.4. The molecule has 0 spiro atoms. The number of aliphatic hydroxyl groups is 1. The van der Waals surface area contributed by atoms with Gasteiger partial charge in [0.2, 0.25) is 0 Å². The Labute approximate surface area is 181 Å². The standard InChI is InChI=1S/C22H18BrClF2N2O/c1-21(25,26)15-2-4-16(5-3-15)22(29)20-9-6-17(23)10-14(20)12-28(22)13-19-8-7-18(24)11-27-19/h2-11,29H,12-13H2,1H3. The van der Waals surface area contributed by atoms with Crippen LogP contribution in [0.15, 0.2) is 65.3 Å². The molecule has 3 nitrogen and oxygen atoms in total. The number of nitrogens with zero attached hydrogens (tertiary/aromatic N) is 2. The summed E-state index contributed by atoms with van der Waals surface area (Å²) in [4.78, 5) is 6.21. The molecule has 3 aromatic rings. The zero-order valence-corrected chi connectivity index (χ0v) is 17.9. The summed E-state index contributed by atoms with van der Waals surface area (Å²) >= 11 is 9.40. The number of benzene rings is 2. The van der Waals surface area contributed by atoms with Gasteiger partial charge in [-0.05, 0) is 29.8 Å². The molecule has 0 bridgehead atoms. The van der Waals surface area contributed by atoms with Crippen molar-refractivity contribution in [1.82, 2.24) is 9.88 Å². The Morgan fingerprint density at radius 3 is 2.52 bits per heavy atom. The lowest BCUT2D eigenvalue weighted by Crippen LogP contribution is -2.41. The largest absolute Gasteiger partial charge is 0.367 e. The summed E-state index contributed by atoms with van der Waals surface area (Å²) in [7, 11) is 0. The van der Waals surface area contributed by atoms with Crippen LogP contribution in [0.3, 0.4) is 0 Å². The summed E-state index contributed by atoms with van der Waals surface area (Å²) in [6.45, 7) is 1.71. The molecule has 1 unspecified atom stereocenters. The average molecular weight is 480 g/mol. The quantitative estimate of drug-likeness (QED) is 0.512. The van der Waals surface area contributed by atoms with Crippen molar-refractivity contribution in [2.45, 2.75) is 31.7 Å². The Bertz CT molecular complexity index is 1040. The number of alkyl halides is 2. The fourth-order valence-electron chi connectivity index (χ4n) is 3.72. The Morgan fingerprint density at radius 2 is 1.90 bits per heavy atom. The van der Waals surface area contributed by atoms with Gasteiger partial charge in [-0.2, -0.15) is 0 Å². The lowest BCUT2D eigenvalue weighted by molar-refractivity contribution is -0.0761. The fourth-order valence-corrected chi connectivity index (χ4v) is 4.24. The molecule has 150 valence electrons. The SMILES string of the molecule is CC(F)(F)c1ccc(C2(O)c3ccc(Br)cc3CN2Cc2ccc(Cl)cn2)cc1. The highest BCUT2D eigenvalue weighted by atomic mass is 79.9. The van der Waals surface area contributed by atoms with Gasteiger partial charge in [0, 0.05) is 47.4 Å². The van der Waals surface area contributed by atoms with E-state index in [0.717, 1.165) is 28.2 Å². The van der Waals surface area contributed by atoms with Crippen LogP contribution in [-0.4, -0.2) is 15.0 Å². The maximum atomic E-state index is 13.6. The van der Waals surface area contributed by atoms with Crippen molar-refractivity contribution in [3.63, 3.8) is 0 Å². The first-order valence-electron chi connectivity index (χ1n) is 9.03. The molecule has 0 amide bonds. The molecule has 2 aromatic carbocycles. The van der Waals surface area contributed by atoms with Crippen molar-refractivity contribution in [1.29, 1.82) is 0 Å². The van der Waals surface area contributed by atoms with E-state index in [-0.39, 0.29) is 5.56 Å². The van der Waals surface area contributed by atoms with Gasteiger partial charge < -0.3 is 5.11 Å². The monoisotopic (exact) mass is 478 g/mol. The molecule has 1 aromatic heterocycles. The second-order valence-corrected chi connectivity index (χ2v) is 8.62. The van der Waals surface area contributed by atoms with Gasteiger partial charge in [-0.1, -0.05) is 57.9 Å². The predicted octanol–water partition coefficient (Wildman–Crippen LogP) is 5.82. The summed E-state index contributed by atoms with van der Waals surface area (Å²) in [6, 6.07) is 15.1. The number of rotatable bonds is 4. The smallest absolute Gasteiger partial charge is 0.270 e. The highest BCUT2D eigenvalue weighted by Gasteiger charge is 2.45. The van der Waals surface area contributed by atoms with Crippen LogP contribution >= 0.6 is 27.5 Å². The second kappa shape index (κ2) is 7.43. The summed E-state index contributed by atoms with van der Waals surface area (Å²) in [5.74, 6) is -2.94. The van der Waals surface area contributed by atoms with E-state index >= 15 is 0 Å². The number of fused-ring (bicyclic) bond motifs is 1. The van der Waals surface area contributed by atoms with E-state index < -0.39 is 11.6 Å². The Kier molecular flexibility index (Phi) is 5.23. The number of halogens is 4. The third-order valence-electron chi connectivity index (χ3n) is 5.20. The maximum absolute atomic E-state index is 13.6. The van der Waals surface area contributed by atoms with E-state index in [2.05, 4.69) is 20.9 Å². The molecule has 0 fully saturated rings.